The zero-order chi connectivity index (χ0) is 15.4. The summed E-state index contributed by atoms with van der Waals surface area (Å²) in [6.07, 6.45) is 1.91. The van der Waals surface area contributed by atoms with E-state index in [0.29, 0.717) is 18.0 Å². The standard InChI is InChI=1S/C16H21F2N3/c1-11(2)7-19-8-14-10-21(20-12(14)3)9-13-4-5-15(17)6-16(13)18/h4-6,10-11,19H,7-9H2,1-3H3. The van der Waals surface area contributed by atoms with E-state index in [1.54, 1.807) is 4.68 Å². The highest BCUT2D eigenvalue weighted by molar-refractivity contribution is 5.20. The molecular formula is C16H21F2N3. The summed E-state index contributed by atoms with van der Waals surface area (Å²) in [6, 6.07) is 3.62. The van der Waals surface area contributed by atoms with Crippen molar-refractivity contribution in [1.29, 1.82) is 0 Å². The van der Waals surface area contributed by atoms with E-state index in [1.165, 1.54) is 12.1 Å². The second-order valence-electron chi connectivity index (χ2n) is 5.70. The Morgan fingerprint density at radius 3 is 2.67 bits per heavy atom. The molecule has 0 aliphatic carbocycles. The van der Waals surface area contributed by atoms with Crippen molar-refractivity contribution in [3.63, 3.8) is 0 Å². The Balaban J connectivity index is 2.04. The number of aromatic nitrogens is 2. The average molecular weight is 293 g/mol. The summed E-state index contributed by atoms with van der Waals surface area (Å²) in [5, 5.41) is 7.74. The molecule has 0 aliphatic heterocycles. The van der Waals surface area contributed by atoms with E-state index in [1.807, 2.05) is 13.1 Å². The van der Waals surface area contributed by atoms with Crippen LogP contribution in [0.15, 0.2) is 24.4 Å². The summed E-state index contributed by atoms with van der Waals surface area (Å²) in [5.74, 6) is -0.511. The Hall–Kier alpha value is -1.75. The van der Waals surface area contributed by atoms with Crippen molar-refractivity contribution in [2.75, 3.05) is 6.54 Å². The SMILES string of the molecule is Cc1nn(Cc2ccc(F)cc2F)cc1CNCC(C)C. The van der Waals surface area contributed by atoms with E-state index < -0.39 is 11.6 Å². The Bertz CT molecular complexity index is 606. The lowest BCUT2D eigenvalue weighted by Crippen LogP contribution is -2.19. The molecule has 3 nitrogen and oxygen atoms in total. The van der Waals surface area contributed by atoms with E-state index in [4.69, 9.17) is 0 Å². The Morgan fingerprint density at radius 1 is 1.24 bits per heavy atom. The van der Waals surface area contributed by atoms with Gasteiger partial charge >= 0.3 is 0 Å². The number of nitrogens with one attached hydrogen (secondary N) is 1. The van der Waals surface area contributed by atoms with Crippen LogP contribution >= 0.6 is 0 Å². The molecule has 2 aromatic rings. The van der Waals surface area contributed by atoms with Gasteiger partial charge in [-0.05, 0) is 25.5 Å². The second kappa shape index (κ2) is 6.80. The van der Waals surface area contributed by atoms with E-state index in [0.717, 1.165) is 30.4 Å². The quantitative estimate of drug-likeness (QED) is 0.886. The molecule has 0 fully saturated rings. The minimum Gasteiger partial charge on any atom is -0.312 e. The van der Waals surface area contributed by atoms with E-state index in [-0.39, 0.29) is 0 Å². The summed E-state index contributed by atoms with van der Waals surface area (Å²) < 4.78 is 28.2. The van der Waals surface area contributed by atoms with Crippen molar-refractivity contribution < 1.29 is 8.78 Å². The van der Waals surface area contributed by atoms with Gasteiger partial charge in [0.05, 0.1) is 12.2 Å². The molecule has 0 saturated carbocycles. The van der Waals surface area contributed by atoms with Crippen LogP contribution in [0.3, 0.4) is 0 Å². The van der Waals surface area contributed by atoms with Crippen LogP contribution in [0, 0.1) is 24.5 Å². The predicted molar refractivity (Wildman–Crippen MR) is 79.0 cm³/mol. The fourth-order valence-corrected chi connectivity index (χ4v) is 2.13. The highest BCUT2D eigenvalue weighted by atomic mass is 19.1. The maximum atomic E-state index is 13.6. The molecule has 0 saturated heterocycles. The van der Waals surface area contributed by atoms with Gasteiger partial charge in [-0.2, -0.15) is 5.10 Å². The molecule has 0 spiro atoms. The maximum Gasteiger partial charge on any atom is 0.131 e. The van der Waals surface area contributed by atoms with Gasteiger partial charge in [-0.15, -0.1) is 0 Å². The summed E-state index contributed by atoms with van der Waals surface area (Å²) >= 11 is 0. The Labute approximate surface area is 124 Å². The Kier molecular flexibility index (Phi) is 5.07. The summed E-state index contributed by atoms with van der Waals surface area (Å²) in [7, 11) is 0. The molecule has 0 atom stereocenters. The lowest BCUT2D eigenvalue weighted by molar-refractivity contribution is 0.550. The van der Waals surface area contributed by atoms with Crippen LogP contribution < -0.4 is 5.32 Å². The van der Waals surface area contributed by atoms with Crippen LogP contribution in [-0.2, 0) is 13.1 Å². The molecule has 0 amide bonds. The zero-order valence-electron chi connectivity index (χ0n) is 12.7. The highest BCUT2D eigenvalue weighted by Gasteiger charge is 2.08. The van der Waals surface area contributed by atoms with E-state index in [9.17, 15) is 8.78 Å². The van der Waals surface area contributed by atoms with Crippen molar-refractivity contribution in [2.45, 2.75) is 33.9 Å². The molecule has 5 heteroatoms. The number of nitrogens with zero attached hydrogens (tertiary/aromatic N) is 2. The fraction of sp³-hybridized carbons (Fsp3) is 0.438. The molecule has 1 heterocycles. The first-order chi connectivity index (χ1) is 9.95. The first kappa shape index (κ1) is 15.6. The van der Waals surface area contributed by atoms with Gasteiger partial charge in [0.2, 0.25) is 0 Å². The smallest absolute Gasteiger partial charge is 0.131 e. The second-order valence-corrected chi connectivity index (χ2v) is 5.70. The predicted octanol–water partition coefficient (Wildman–Crippen LogP) is 3.26. The van der Waals surface area contributed by atoms with Crippen LogP contribution in [0.1, 0.15) is 30.7 Å². The van der Waals surface area contributed by atoms with Crippen LogP contribution in [0.5, 0.6) is 0 Å². The van der Waals surface area contributed by atoms with E-state index >= 15 is 0 Å². The minimum absolute atomic E-state index is 0.303. The van der Waals surface area contributed by atoms with Crippen LogP contribution in [0.2, 0.25) is 0 Å². The highest BCUT2D eigenvalue weighted by Crippen LogP contribution is 2.13. The molecule has 2 rings (SSSR count). The summed E-state index contributed by atoms with van der Waals surface area (Å²) in [5.41, 5.74) is 2.45. The monoisotopic (exact) mass is 293 g/mol. The van der Waals surface area contributed by atoms with Gasteiger partial charge < -0.3 is 5.32 Å². The summed E-state index contributed by atoms with van der Waals surface area (Å²) in [4.78, 5) is 0. The third-order valence-corrected chi connectivity index (χ3v) is 3.26. The van der Waals surface area contributed by atoms with Crippen LogP contribution in [0.25, 0.3) is 0 Å². The molecule has 1 aromatic carbocycles. The molecule has 1 N–H and O–H groups in total. The van der Waals surface area contributed by atoms with Gasteiger partial charge in [0.25, 0.3) is 0 Å². The van der Waals surface area contributed by atoms with Crippen LogP contribution in [-0.4, -0.2) is 16.3 Å². The van der Waals surface area contributed by atoms with Gasteiger partial charge in [-0.3, -0.25) is 4.68 Å². The van der Waals surface area contributed by atoms with Gasteiger partial charge in [0.15, 0.2) is 0 Å². The molecule has 0 radical (unpaired) electrons. The lowest BCUT2D eigenvalue weighted by Gasteiger charge is -2.06. The number of halogens is 2. The van der Waals surface area contributed by atoms with Crippen molar-refractivity contribution in [3.05, 3.63) is 52.9 Å². The lowest BCUT2D eigenvalue weighted by atomic mass is 10.2. The van der Waals surface area contributed by atoms with Crippen LogP contribution in [0.4, 0.5) is 8.78 Å². The first-order valence-electron chi connectivity index (χ1n) is 7.13. The number of hydrogen-bond acceptors (Lipinski definition) is 2. The van der Waals surface area contributed by atoms with Gasteiger partial charge in [-0.1, -0.05) is 19.9 Å². The molecule has 21 heavy (non-hydrogen) atoms. The number of rotatable bonds is 6. The largest absolute Gasteiger partial charge is 0.312 e. The third-order valence-electron chi connectivity index (χ3n) is 3.26. The number of benzene rings is 1. The van der Waals surface area contributed by atoms with Crippen molar-refractivity contribution in [1.82, 2.24) is 15.1 Å². The average Bonchev–Trinajstić information content (AvgIpc) is 2.73. The van der Waals surface area contributed by atoms with Crippen molar-refractivity contribution >= 4 is 0 Å². The van der Waals surface area contributed by atoms with Gasteiger partial charge in [-0.25, -0.2) is 8.78 Å². The third kappa shape index (κ3) is 4.36. The molecule has 1 aromatic heterocycles. The molecular weight excluding hydrogens is 272 g/mol. The molecule has 114 valence electrons. The maximum absolute atomic E-state index is 13.6. The fourth-order valence-electron chi connectivity index (χ4n) is 2.13. The Morgan fingerprint density at radius 2 is 2.00 bits per heavy atom. The van der Waals surface area contributed by atoms with Crippen molar-refractivity contribution in [2.24, 2.45) is 5.92 Å². The van der Waals surface area contributed by atoms with Gasteiger partial charge in [0, 0.05) is 29.9 Å². The number of hydrogen-bond donors (Lipinski definition) is 1. The zero-order valence-corrected chi connectivity index (χ0v) is 12.7. The molecule has 0 bridgehead atoms. The van der Waals surface area contributed by atoms with Crippen molar-refractivity contribution in [3.8, 4) is 0 Å². The molecule has 0 aliphatic rings. The normalized spacial score (nSPS) is 11.3. The van der Waals surface area contributed by atoms with Gasteiger partial charge in [0.1, 0.15) is 11.6 Å². The molecule has 0 unspecified atom stereocenters. The minimum atomic E-state index is -0.563. The first-order valence-corrected chi connectivity index (χ1v) is 7.13. The topological polar surface area (TPSA) is 29.9 Å². The number of aryl methyl sites for hydroxylation is 1. The summed E-state index contributed by atoms with van der Waals surface area (Å²) in [6.45, 7) is 8.23. The van der Waals surface area contributed by atoms with E-state index in [2.05, 4.69) is 24.3 Å².